The third-order valence-corrected chi connectivity index (χ3v) is 6.92. The van der Waals surface area contributed by atoms with Crippen LogP contribution in [-0.4, -0.2) is 46.0 Å². The highest BCUT2D eigenvalue weighted by molar-refractivity contribution is 6.08. The second-order valence-corrected chi connectivity index (χ2v) is 9.40. The van der Waals surface area contributed by atoms with E-state index in [1.54, 1.807) is 6.07 Å². The summed E-state index contributed by atoms with van der Waals surface area (Å²) in [7, 11) is 0. The molecule has 182 valence electrons. The van der Waals surface area contributed by atoms with Crippen molar-refractivity contribution >= 4 is 28.4 Å². The lowest BCUT2D eigenvalue weighted by atomic mass is 9.88. The zero-order chi connectivity index (χ0) is 25.4. The van der Waals surface area contributed by atoms with E-state index in [9.17, 15) is 23.2 Å². The van der Waals surface area contributed by atoms with Gasteiger partial charge in [-0.05, 0) is 46.9 Å². The molecule has 0 saturated carbocycles. The van der Waals surface area contributed by atoms with Crippen LogP contribution in [0.15, 0.2) is 48.7 Å². The van der Waals surface area contributed by atoms with E-state index in [0.717, 1.165) is 27.2 Å². The van der Waals surface area contributed by atoms with Gasteiger partial charge in [-0.2, -0.15) is 0 Å². The topological polar surface area (TPSA) is 71.7 Å². The van der Waals surface area contributed by atoms with Gasteiger partial charge >= 0.3 is 6.17 Å². The number of hydrogen-bond donors (Lipinski definition) is 0. The van der Waals surface area contributed by atoms with Crippen LogP contribution in [0.1, 0.15) is 47.2 Å². The van der Waals surface area contributed by atoms with E-state index in [1.165, 1.54) is 6.20 Å². The lowest BCUT2D eigenvalue weighted by Crippen LogP contribution is -2.35. The first-order valence-electron chi connectivity index (χ1n) is 11.8. The van der Waals surface area contributed by atoms with Gasteiger partial charge in [0, 0.05) is 42.8 Å². The Morgan fingerprint density at radius 3 is 2.64 bits per heavy atom. The van der Waals surface area contributed by atoms with E-state index in [1.807, 2.05) is 30.3 Å². The van der Waals surface area contributed by atoms with Crippen molar-refractivity contribution in [3.8, 4) is 11.1 Å². The highest BCUT2D eigenvalue weighted by Crippen LogP contribution is 2.34. The van der Waals surface area contributed by atoms with E-state index in [0.29, 0.717) is 35.7 Å². The van der Waals surface area contributed by atoms with Crippen molar-refractivity contribution < 1.29 is 23.2 Å². The summed E-state index contributed by atoms with van der Waals surface area (Å²) in [5.41, 5.74) is 5.12. The third kappa shape index (κ3) is 4.61. The van der Waals surface area contributed by atoms with Crippen molar-refractivity contribution in [1.29, 1.82) is 0 Å². The van der Waals surface area contributed by atoms with Gasteiger partial charge in [0.2, 0.25) is 5.91 Å². The molecule has 1 fully saturated rings. The molecule has 1 amide bonds. The monoisotopic (exact) mass is 487 g/mol. The van der Waals surface area contributed by atoms with Crippen LogP contribution in [0.5, 0.6) is 0 Å². The number of Topliss-reactive ketones (excluding diaryl/α,β-unsaturated/α-hetero) is 2. The Morgan fingerprint density at radius 1 is 1.06 bits per heavy atom. The van der Waals surface area contributed by atoms with Gasteiger partial charge in [-0.1, -0.05) is 24.3 Å². The minimum Gasteiger partial charge on any atom is -0.299 e. The summed E-state index contributed by atoms with van der Waals surface area (Å²) in [6.45, 7) is 6.31. The van der Waals surface area contributed by atoms with Gasteiger partial charge < -0.3 is 0 Å². The average Bonchev–Trinajstić information content (AvgIpc) is 3.20. The molecule has 1 atom stereocenters. The van der Waals surface area contributed by atoms with Crippen LogP contribution in [0.4, 0.5) is 8.78 Å². The molecular weight excluding hydrogens is 464 g/mol. The van der Waals surface area contributed by atoms with Gasteiger partial charge in [0.1, 0.15) is 12.2 Å². The molecule has 5 rings (SSSR count). The number of carbonyl (C=O) groups excluding carboxylic acids is 3. The van der Waals surface area contributed by atoms with Gasteiger partial charge in [0.15, 0.2) is 5.78 Å². The molecule has 0 bridgehead atoms. The van der Waals surface area contributed by atoms with E-state index in [2.05, 4.69) is 15.9 Å². The van der Waals surface area contributed by atoms with Crippen LogP contribution < -0.4 is 0 Å². The normalized spacial score (nSPS) is 18.6. The fourth-order valence-corrected chi connectivity index (χ4v) is 5.02. The van der Waals surface area contributed by atoms with Crippen molar-refractivity contribution in [2.45, 2.75) is 50.6 Å². The van der Waals surface area contributed by atoms with Crippen molar-refractivity contribution in [2.75, 3.05) is 6.54 Å². The number of benzene rings is 2. The van der Waals surface area contributed by atoms with Crippen LogP contribution in [0, 0.1) is 6.57 Å². The first kappa shape index (κ1) is 23.7. The lowest BCUT2D eigenvalue weighted by Gasteiger charge is -2.16. The molecule has 2 heterocycles. The standard InChI is InChI=1S/C28H23F2N3O3/c1-31-26-15-28(29,30)16-33(26)27(36)9-8-25(35)22-10-11-32-24-7-5-20(14-23(22)24)17-2-3-19-13-21(34)6-4-18(19)12-17/h2-3,5,7,10-12,14,26H,4,6,8-9,13,15-16H2/t26-/m0/s1. The number of aromatic nitrogens is 1. The number of carbonyl (C=O) groups is 3. The summed E-state index contributed by atoms with van der Waals surface area (Å²) >= 11 is 0. The number of nitrogens with zero attached hydrogens (tertiary/aromatic N) is 3. The molecular formula is C28H23F2N3O3. The molecule has 3 aromatic rings. The molecule has 0 unspecified atom stereocenters. The predicted molar refractivity (Wildman–Crippen MR) is 129 cm³/mol. The number of hydrogen-bond acceptors (Lipinski definition) is 4. The van der Waals surface area contributed by atoms with E-state index < -0.39 is 31.0 Å². The SMILES string of the molecule is [C-]#[N+][C@@H]1CC(F)(F)CN1C(=O)CCC(=O)c1ccnc2ccc(-c3ccc4c(c3)CCC(=O)C4)cc12. The van der Waals surface area contributed by atoms with Crippen LogP contribution in [0.2, 0.25) is 0 Å². The fourth-order valence-electron chi connectivity index (χ4n) is 5.02. The molecule has 2 aromatic carbocycles. The number of alkyl halides is 2. The summed E-state index contributed by atoms with van der Waals surface area (Å²) in [5.74, 6) is -3.74. The zero-order valence-electron chi connectivity index (χ0n) is 19.5. The molecule has 1 aliphatic heterocycles. The Morgan fingerprint density at radius 2 is 1.83 bits per heavy atom. The molecule has 36 heavy (non-hydrogen) atoms. The third-order valence-electron chi connectivity index (χ3n) is 6.92. The first-order valence-corrected chi connectivity index (χ1v) is 11.8. The number of ketones is 2. The fraction of sp³-hybridized carbons (Fsp3) is 0.321. The molecule has 6 nitrogen and oxygen atoms in total. The van der Waals surface area contributed by atoms with Crippen LogP contribution in [-0.2, 0) is 22.4 Å². The molecule has 2 aliphatic rings. The molecule has 8 heteroatoms. The summed E-state index contributed by atoms with van der Waals surface area (Å²) in [6, 6.07) is 13.3. The molecule has 1 aliphatic carbocycles. The molecule has 0 spiro atoms. The largest absolute Gasteiger partial charge is 0.306 e. The number of pyridine rings is 1. The lowest BCUT2D eigenvalue weighted by molar-refractivity contribution is -0.132. The van der Waals surface area contributed by atoms with Crippen molar-refractivity contribution in [3.05, 3.63) is 76.8 Å². The second-order valence-electron chi connectivity index (χ2n) is 9.40. The minimum absolute atomic E-state index is 0.151. The maximum Gasteiger partial charge on any atom is 0.306 e. The van der Waals surface area contributed by atoms with E-state index >= 15 is 0 Å². The van der Waals surface area contributed by atoms with E-state index in [4.69, 9.17) is 6.57 Å². The zero-order valence-corrected chi connectivity index (χ0v) is 19.5. The second kappa shape index (κ2) is 9.23. The number of aryl methyl sites for hydroxylation is 1. The number of likely N-dealkylation sites (tertiary alicyclic amines) is 1. The Bertz CT molecular complexity index is 1440. The van der Waals surface area contributed by atoms with Gasteiger partial charge in [-0.3, -0.25) is 29.1 Å². The Balaban J connectivity index is 1.37. The van der Waals surface area contributed by atoms with Crippen molar-refractivity contribution in [3.63, 3.8) is 0 Å². The predicted octanol–water partition coefficient (Wildman–Crippen LogP) is 5.04. The number of halogens is 2. The van der Waals surface area contributed by atoms with Gasteiger partial charge in [0.25, 0.3) is 5.92 Å². The summed E-state index contributed by atoms with van der Waals surface area (Å²) < 4.78 is 27.4. The maximum atomic E-state index is 13.7. The average molecular weight is 488 g/mol. The van der Waals surface area contributed by atoms with Gasteiger partial charge in [-0.25, -0.2) is 15.4 Å². The summed E-state index contributed by atoms with van der Waals surface area (Å²) in [6.07, 6.45) is 0.987. The summed E-state index contributed by atoms with van der Waals surface area (Å²) in [5, 5.41) is 0.645. The van der Waals surface area contributed by atoms with Gasteiger partial charge in [0.05, 0.1) is 12.1 Å². The Kier molecular flexibility index (Phi) is 6.09. The van der Waals surface area contributed by atoms with Crippen molar-refractivity contribution in [2.24, 2.45) is 0 Å². The van der Waals surface area contributed by atoms with Crippen LogP contribution in [0.25, 0.3) is 26.9 Å². The number of fused-ring (bicyclic) bond motifs is 2. The first-order chi connectivity index (χ1) is 17.2. The molecule has 0 N–H and O–H groups in total. The molecule has 1 aromatic heterocycles. The Labute approximate surface area is 206 Å². The number of rotatable bonds is 5. The molecule has 0 radical (unpaired) electrons. The van der Waals surface area contributed by atoms with Gasteiger partial charge in [-0.15, -0.1) is 0 Å². The Hall–Kier alpha value is -3.99. The van der Waals surface area contributed by atoms with Crippen molar-refractivity contribution in [1.82, 2.24) is 9.88 Å². The maximum absolute atomic E-state index is 13.7. The number of amides is 1. The van der Waals surface area contributed by atoms with E-state index in [-0.39, 0.29) is 24.4 Å². The highest BCUT2D eigenvalue weighted by atomic mass is 19.3. The quantitative estimate of drug-likeness (QED) is 0.374. The van der Waals surface area contributed by atoms with Crippen LogP contribution >= 0.6 is 0 Å². The minimum atomic E-state index is -3.08. The molecule has 1 saturated heterocycles. The smallest absolute Gasteiger partial charge is 0.299 e. The highest BCUT2D eigenvalue weighted by Gasteiger charge is 2.50. The van der Waals surface area contributed by atoms with Crippen LogP contribution in [0.3, 0.4) is 0 Å². The summed E-state index contributed by atoms with van der Waals surface area (Å²) in [4.78, 5) is 45.8.